The zero-order chi connectivity index (χ0) is 30.7. The number of nitrogens with zero attached hydrogens (tertiary/aromatic N) is 2. The van der Waals surface area contributed by atoms with Crippen LogP contribution in [0, 0.1) is 11.6 Å². The van der Waals surface area contributed by atoms with Crippen LogP contribution < -0.4 is 5.32 Å². The number of benzene rings is 4. The molecule has 4 aromatic heterocycles. The van der Waals surface area contributed by atoms with Crippen LogP contribution in [0.3, 0.4) is 0 Å². The summed E-state index contributed by atoms with van der Waals surface area (Å²) >= 11 is 6.57. The Hall–Kier alpha value is -5.60. The van der Waals surface area contributed by atoms with Crippen LogP contribution in [0.2, 0.25) is 5.02 Å². The Morgan fingerprint density at radius 2 is 1.31 bits per heavy atom. The molecule has 1 amide bonds. The lowest BCUT2D eigenvalue weighted by Crippen LogP contribution is -2.23. The molecule has 0 fully saturated rings. The van der Waals surface area contributed by atoms with E-state index in [1.165, 1.54) is 12.1 Å². The molecule has 0 spiro atoms. The minimum absolute atomic E-state index is 0.245. The Bertz CT molecular complexity index is 2470. The van der Waals surface area contributed by atoms with E-state index in [1.54, 1.807) is 42.7 Å². The van der Waals surface area contributed by atoms with Crippen molar-refractivity contribution in [3.8, 4) is 22.5 Å². The van der Waals surface area contributed by atoms with Crippen LogP contribution in [0.4, 0.5) is 8.78 Å². The summed E-state index contributed by atoms with van der Waals surface area (Å²) in [6, 6.07) is 26.4. The lowest BCUT2D eigenvalue weighted by Gasteiger charge is -2.12. The summed E-state index contributed by atoms with van der Waals surface area (Å²) < 4.78 is 28.5. The number of nitrogens with one attached hydrogen (secondary N) is 3. The van der Waals surface area contributed by atoms with Gasteiger partial charge in [0.2, 0.25) is 0 Å². The molecule has 0 saturated heterocycles. The van der Waals surface area contributed by atoms with Gasteiger partial charge in [-0.3, -0.25) is 4.79 Å². The van der Waals surface area contributed by atoms with Crippen LogP contribution in [0.1, 0.15) is 15.9 Å². The summed E-state index contributed by atoms with van der Waals surface area (Å²) in [6.45, 7) is 0.245. The van der Waals surface area contributed by atoms with E-state index in [0.717, 1.165) is 32.8 Å². The summed E-state index contributed by atoms with van der Waals surface area (Å²) in [4.78, 5) is 29.1. The average Bonchev–Trinajstić information content (AvgIpc) is 3.70. The second-order valence-electron chi connectivity index (χ2n) is 10.8. The summed E-state index contributed by atoms with van der Waals surface area (Å²) in [6.07, 6.45) is 3.48. The molecule has 6 nitrogen and oxygen atoms in total. The number of aromatic amines is 2. The van der Waals surface area contributed by atoms with Crippen molar-refractivity contribution in [2.75, 3.05) is 0 Å². The predicted molar refractivity (Wildman–Crippen MR) is 174 cm³/mol. The first-order valence-corrected chi connectivity index (χ1v) is 14.6. The number of hydrogen-bond acceptors (Lipinski definition) is 3. The maximum atomic E-state index is 14.3. The third-order valence-electron chi connectivity index (χ3n) is 8.20. The zero-order valence-corrected chi connectivity index (χ0v) is 24.2. The number of carbonyl (C=O) groups is 1. The molecule has 0 radical (unpaired) electrons. The molecule has 45 heavy (non-hydrogen) atoms. The highest BCUT2D eigenvalue weighted by molar-refractivity contribution is 6.35. The van der Waals surface area contributed by atoms with Crippen LogP contribution in [-0.2, 0) is 6.54 Å². The number of hydrogen-bond donors (Lipinski definition) is 3. The van der Waals surface area contributed by atoms with E-state index < -0.39 is 0 Å². The van der Waals surface area contributed by atoms with Gasteiger partial charge in [-0.25, -0.2) is 18.7 Å². The number of rotatable bonds is 5. The molecule has 9 heteroatoms. The van der Waals surface area contributed by atoms with Gasteiger partial charge in [0.15, 0.2) is 0 Å². The number of aromatic nitrogens is 4. The minimum Gasteiger partial charge on any atom is -0.358 e. The van der Waals surface area contributed by atoms with Crippen LogP contribution in [0.15, 0.2) is 103 Å². The number of halogens is 3. The molecule has 0 aliphatic carbocycles. The second-order valence-corrected chi connectivity index (χ2v) is 11.2. The van der Waals surface area contributed by atoms with E-state index in [4.69, 9.17) is 21.6 Å². The highest BCUT2D eigenvalue weighted by atomic mass is 35.5. The zero-order valence-electron chi connectivity index (χ0n) is 23.5. The number of amides is 1. The van der Waals surface area contributed by atoms with Crippen molar-refractivity contribution in [3.05, 3.63) is 131 Å². The fourth-order valence-corrected chi connectivity index (χ4v) is 6.19. The first kappa shape index (κ1) is 27.0. The van der Waals surface area contributed by atoms with Gasteiger partial charge in [-0.1, -0.05) is 54.1 Å². The predicted octanol–water partition coefficient (Wildman–Crippen LogP) is 8.94. The Labute approximate surface area is 259 Å². The Balaban J connectivity index is 1.08. The third-order valence-corrected chi connectivity index (χ3v) is 8.50. The van der Waals surface area contributed by atoms with Gasteiger partial charge in [-0.05, 0) is 54.1 Å². The van der Waals surface area contributed by atoms with Crippen molar-refractivity contribution >= 4 is 61.1 Å². The van der Waals surface area contributed by atoms with E-state index in [2.05, 4.69) is 15.3 Å². The van der Waals surface area contributed by atoms with Crippen molar-refractivity contribution in [2.45, 2.75) is 6.54 Å². The summed E-state index contributed by atoms with van der Waals surface area (Å²) in [5, 5.41) is 6.48. The number of fused-ring (bicyclic) bond motifs is 4. The molecule has 0 bridgehead atoms. The van der Waals surface area contributed by atoms with E-state index in [-0.39, 0.29) is 24.1 Å². The molecule has 0 aliphatic rings. The number of para-hydroxylation sites is 2. The molecule has 4 aromatic carbocycles. The van der Waals surface area contributed by atoms with Gasteiger partial charge in [0.05, 0.1) is 38.5 Å². The van der Waals surface area contributed by atoms with Crippen molar-refractivity contribution in [1.82, 2.24) is 25.3 Å². The van der Waals surface area contributed by atoms with Crippen molar-refractivity contribution in [2.24, 2.45) is 0 Å². The topological polar surface area (TPSA) is 86.5 Å². The molecule has 0 atom stereocenters. The van der Waals surface area contributed by atoms with Gasteiger partial charge in [0.1, 0.15) is 11.6 Å². The first-order valence-electron chi connectivity index (χ1n) is 14.2. The molecule has 218 valence electrons. The molecule has 3 N–H and O–H groups in total. The van der Waals surface area contributed by atoms with Gasteiger partial charge in [-0.2, -0.15) is 0 Å². The highest BCUT2D eigenvalue weighted by Gasteiger charge is 2.16. The standard InChI is InChI=1S/C36H22ClF2N5O/c37-27-13-10-19(20-11-14-32(44-33(20)27)26-18-41-35-23(26)5-2-8-29(35)39)16-42-36(45)24-6-3-9-30-21(24)12-15-31(43-30)25-17-40-34-22(25)4-1-7-28(34)38/h1-15,17-18,40-41H,16H2,(H,42,45). The number of H-pyrrole nitrogens is 2. The van der Waals surface area contributed by atoms with Crippen LogP contribution in [0.5, 0.6) is 0 Å². The maximum absolute atomic E-state index is 14.3. The van der Waals surface area contributed by atoms with E-state index in [1.807, 2.05) is 48.5 Å². The van der Waals surface area contributed by atoms with Gasteiger partial charge in [-0.15, -0.1) is 0 Å². The number of pyridine rings is 2. The third kappa shape index (κ3) is 4.49. The highest BCUT2D eigenvalue weighted by Crippen LogP contribution is 2.33. The van der Waals surface area contributed by atoms with Gasteiger partial charge in [0.25, 0.3) is 5.91 Å². The lowest BCUT2D eigenvalue weighted by atomic mass is 10.0. The summed E-state index contributed by atoms with van der Waals surface area (Å²) in [5.74, 6) is -0.907. The molecule has 8 rings (SSSR count). The fraction of sp³-hybridized carbons (Fsp3) is 0.0278. The number of carbonyl (C=O) groups excluding carboxylic acids is 1. The molecule has 4 heterocycles. The molecule has 8 aromatic rings. The van der Waals surface area contributed by atoms with Gasteiger partial charge < -0.3 is 15.3 Å². The van der Waals surface area contributed by atoms with E-state index >= 15 is 0 Å². The van der Waals surface area contributed by atoms with Gasteiger partial charge in [0, 0.05) is 57.2 Å². The summed E-state index contributed by atoms with van der Waals surface area (Å²) in [7, 11) is 0. The smallest absolute Gasteiger partial charge is 0.252 e. The van der Waals surface area contributed by atoms with Crippen LogP contribution in [-0.4, -0.2) is 25.8 Å². The average molecular weight is 614 g/mol. The van der Waals surface area contributed by atoms with Crippen LogP contribution >= 0.6 is 11.6 Å². The SMILES string of the molecule is O=C(NCc1ccc(Cl)c2nc(-c3c[nH]c4c(F)cccc34)ccc12)c1cccc2nc(-c3c[nH]c4c(F)cccc34)ccc12. The first-order chi connectivity index (χ1) is 22.0. The lowest BCUT2D eigenvalue weighted by molar-refractivity contribution is 0.0952. The molecule has 0 saturated carbocycles. The second kappa shape index (κ2) is 10.5. The normalized spacial score (nSPS) is 11.6. The van der Waals surface area contributed by atoms with Crippen molar-refractivity contribution in [1.29, 1.82) is 0 Å². The molecule has 0 aliphatic heterocycles. The van der Waals surface area contributed by atoms with E-state index in [0.29, 0.717) is 49.4 Å². The van der Waals surface area contributed by atoms with Crippen molar-refractivity contribution < 1.29 is 13.6 Å². The minimum atomic E-state index is -0.330. The Morgan fingerprint density at radius 3 is 2.00 bits per heavy atom. The summed E-state index contributed by atoms with van der Waals surface area (Å²) in [5.41, 5.74) is 6.30. The molecule has 0 unspecified atom stereocenters. The maximum Gasteiger partial charge on any atom is 0.252 e. The quantitative estimate of drug-likeness (QED) is 0.181. The monoisotopic (exact) mass is 613 g/mol. The Morgan fingerprint density at radius 1 is 0.689 bits per heavy atom. The molecular weight excluding hydrogens is 592 g/mol. The largest absolute Gasteiger partial charge is 0.358 e. The fourth-order valence-electron chi connectivity index (χ4n) is 5.98. The van der Waals surface area contributed by atoms with Crippen molar-refractivity contribution in [3.63, 3.8) is 0 Å². The molecular formula is C36H22ClF2N5O. The van der Waals surface area contributed by atoms with Gasteiger partial charge >= 0.3 is 0 Å². The Kier molecular flexibility index (Phi) is 6.32. The van der Waals surface area contributed by atoms with E-state index in [9.17, 15) is 13.6 Å². The van der Waals surface area contributed by atoms with Crippen LogP contribution in [0.25, 0.3) is 66.1 Å².